The van der Waals surface area contributed by atoms with Gasteiger partial charge in [0.2, 0.25) is 0 Å². The summed E-state index contributed by atoms with van der Waals surface area (Å²) < 4.78 is 0. The van der Waals surface area contributed by atoms with E-state index in [0.29, 0.717) is 5.92 Å². The summed E-state index contributed by atoms with van der Waals surface area (Å²) in [5.74, 6) is 0.717. The topological polar surface area (TPSA) is 15.3 Å². The van der Waals surface area contributed by atoms with Gasteiger partial charge in [-0.1, -0.05) is 49.4 Å². The fourth-order valence-corrected chi connectivity index (χ4v) is 3.17. The van der Waals surface area contributed by atoms with Crippen LogP contribution in [-0.2, 0) is 6.42 Å². The molecule has 1 aliphatic rings. The summed E-state index contributed by atoms with van der Waals surface area (Å²) in [4.78, 5) is 2.59. The number of piperazine rings is 1. The Hall–Kier alpha value is -1.38. The molecule has 0 aliphatic carbocycles. The third-order valence-corrected chi connectivity index (χ3v) is 4.18. The first-order valence-electron chi connectivity index (χ1n) is 7.72. The van der Waals surface area contributed by atoms with Gasteiger partial charge in [-0.15, -0.1) is 0 Å². The molecule has 1 saturated heterocycles. The first-order chi connectivity index (χ1) is 9.81. The van der Waals surface area contributed by atoms with Crippen LogP contribution in [0.5, 0.6) is 0 Å². The van der Waals surface area contributed by atoms with Crippen LogP contribution in [0.4, 0.5) is 0 Å². The van der Waals surface area contributed by atoms with Crippen LogP contribution in [0, 0.1) is 5.92 Å². The van der Waals surface area contributed by atoms with Crippen molar-refractivity contribution in [1.82, 2.24) is 10.2 Å². The smallest absolute Gasteiger partial charge is 0.0107 e. The Morgan fingerprint density at radius 2 is 1.80 bits per heavy atom. The molecule has 20 heavy (non-hydrogen) atoms. The van der Waals surface area contributed by atoms with Gasteiger partial charge in [0.05, 0.1) is 0 Å². The highest BCUT2D eigenvalue weighted by Crippen LogP contribution is 2.18. The molecule has 2 heteroatoms. The summed E-state index contributed by atoms with van der Waals surface area (Å²) in [6.07, 6.45) is 1.18. The molecule has 0 aromatic heterocycles. The minimum atomic E-state index is 0.717. The van der Waals surface area contributed by atoms with Crippen molar-refractivity contribution >= 4 is 10.8 Å². The Labute approximate surface area is 121 Å². The van der Waals surface area contributed by atoms with E-state index in [4.69, 9.17) is 0 Å². The number of hydrogen-bond acceptors (Lipinski definition) is 2. The molecule has 0 amide bonds. The zero-order valence-electron chi connectivity index (χ0n) is 12.3. The van der Waals surface area contributed by atoms with E-state index in [2.05, 4.69) is 59.6 Å². The van der Waals surface area contributed by atoms with Gasteiger partial charge >= 0.3 is 0 Å². The Bertz CT molecular complexity index is 558. The standard InChI is InChI=1S/C18H24N2/c1-15(14-20-10-8-19-9-11-20)12-16-6-7-17-4-2-3-5-18(17)13-16/h2-7,13,15,19H,8-12,14H2,1H3. The van der Waals surface area contributed by atoms with E-state index in [9.17, 15) is 0 Å². The van der Waals surface area contributed by atoms with Gasteiger partial charge in [0.25, 0.3) is 0 Å². The largest absolute Gasteiger partial charge is 0.314 e. The third-order valence-electron chi connectivity index (χ3n) is 4.18. The lowest BCUT2D eigenvalue weighted by molar-refractivity contribution is 0.211. The lowest BCUT2D eigenvalue weighted by Gasteiger charge is -2.29. The van der Waals surface area contributed by atoms with Crippen molar-refractivity contribution in [2.24, 2.45) is 5.92 Å². The van der Waals surface area contributed by atoms with E-state index >= 15 is 0 Å². The van der Waals surface area contributed by atoms with Crippen LogP contribution < -0.4 is 5.32 Å². The van der Waals surface area contributed by atoms with E-state index in [1.54, 1.807) is 0 Å². The van der Waals surface area contributed by atoms with Crippen molar-refractivity contribution in [2.45, 2.75) is 13.3 Å². The molecule has 1 heterocycles. The molecule has 2 nitrogen and oxygen atoms in total. The first-order valence-corrected chi connectivity index (χ1v) is 7.72. The van der Waals surface area contributed by atoms with Crippen molar-refractivity contribution in [3.05, 3.63) is 48.0 Å². The zero-order chi connectivity index (χ0) is 13.8. The molecule has 2 aromatic carbocycles. The Kier molecular flexibility index (Phi) is 4.34. The average Bonchev–Trinajstić information content (AvgIpc) is 2.48. The highest BCUT2D eigenvalue weighted by Gasteiger charge is 2.13. The number of rotatable bonds is 4. The summed E-state index contributed by atoms with van der Waals surface area (Å²) in [5.41, 5.74) is 1.46. The molecular formula is C18H24N2. The summed E-state index contributed by atoms with van der Waals surface area (Å²) in [5, 5.41) is 6.12. The van der Waals surface area contributed by atoms with Gasteiger partial charge in [0.15, 0.2) is 0 Å². The first kappa shape index (κ1) is 13.6. The Morgan fingerprint density at radius 1 is 1.05 bits per heavy atom. The molecule has 2 aromatic rings. The van der Waals surface area contributed by atoms with Crippen LogP contribution >= 0.6 is 0 Å². The van der Waals surface area contributed by atoms with Gasteiger partial charge in [-0.25, -0.2) is 0 Å². The summed E-state index contributed by atoms with van der Waals surface area (Å²) in [6, 6.07) is 15.5. The molecular weight excluding hydrogens is 244 g/mol. The zero-order valence-corrected chi connectivity index (χ0v) is 12.3. The Balaban J connectivity index is 1.62. The molecule has 0 spiro atoms. The third kappa shape index (κ3) is 3.38. The average molecular weight is 268 g/mol. The van der Waals surface area contributed by atoms with Crippen LogP contribution in [0.1, 0.15) is 12.5 Å². The second-order valence-corrected chi connectivity index (χ2v) is 6.04. The molecule has 1 N–H and O–H groups in total. The predicted molar refractivity (Wildman–Crippen MR) is 86.1 cm³/mol. The van der Waals surface area contributed by atoms with E-state index in [1.807, 2.05) is 0 Å². The van der Waals surface area contributed by atoms with Crippen molar-refractivity contribution < 1.29 is 0 Å². The maximum absolute atomic E-state index is 3.42. The normalized spacial score (nSPS) is 18.2. The highest BCUT2D eigenvalue weighted by atomic mass is 15.2. The second kappa shape index (κ2) is 6.38. The lowest BCUT2D eigenvalue weighted by Crippen LogP contribution is -2.45. The van der Waals surface area contributed by atoms with Crippen LogP contribution in [0.25, 0.3) is 10.8 Å². The minimum absolute atomic E-state index is 0.717. The van der Waals surface area contributed by atoms with E-state index in [-0.39, 0.29) is 0 Å². The van der Waals surface area contributed by atoms with Gasteiger partial charge in [-0.05, 0) is 28.7 Å². The molecule has 106 valence electrons. The monoisotopic (exact) mass is 268 g/mol. The lowest BCUT2D eigenvalue weighted by atomic mass is 9.98. The molecule has 1 fully saturated rings. The number of nitrogens with one attached hydrogen (secondary N) is 1. The molecule has 0 saturated carbocycles. The fourth-order valence-electron chi connectivity index (χ4n) is 3.17. The molecule has 0 radical (unpaired) electrons. The number of benzene rings is 2. The van der Waals surface area contributed by atoms with Gasteiger partial charge < -0.3 is 10.2 Å². The fraction of sp³-hybridized carbons (Fsp3) is 0.444. The van der Waals surface area contributed by atoms with Crippen molar-refractivity contribution in [1.29, 1.82) is 0 Å². The summed E-state index contributed by atoms with van der Waals surface area (Å²) in [6.45, 7) is 8.27. The number of fused-ring (bicyclic) bond motifs is 1. The number of hydrogen-bond donors (Lipinski definition) is 1. The predicted octanol–water partition coefficient (Wildman–Crippen LogP) is 2.92. The SMILES string of the molecule is CC(Cc1ccc2ccccc2c1)CN1CCNCC1. The van der Waals surface area contributed by atoms with Crippen LogP contribution in [0.3, 0.4) is 0 Å². The quantitative estimate of drug-likeness (QED) is 0.917. The molecule has 1 atom stereocenters. The second-order valence-electron chi connectivity index (χ2n) is 6.04. The highest BCUT2D eigenvalue weighted by molar-refractivity contribution is 5.82. The van der Waals surface area contributed by atoms with E-state index < -0.39 is 0 Å². The molecule has 0 bridgehead atoms. The van der Waals surface area contributed by atoms with Gasteiger partial charge in [0, 0.05) is 32.7 Å². The number of nitrogens with zero attached hydrogens (tertiary/aromatic N) is 1. The molecule has 3 rings (SSSR count). The van der Waals surface area contributed by atoms with E-state index in [1.165, 1.54) is 42.4 Å². The summed E-state index contributed by atoms with van der Waals surface area (Å²) in [7, 11) is 0. The van der Waals surface area contributed by atoms with Crippen molar-refractivity contribution in [3.8, 4) is 0 Å². The van der Waals surface area contributed by atoms with E-state index in [0.717, 1.165) is 13.1 Å². The van der Waals surface area contributed by atoms with Gasteiger partial charge in [-0.3, -0.25) is 0 Å². The maximum Gasteiger partial charge on any atom is 0.0107 e. The maximum atomic E-state index is 3.42. The van der Waals surface area contributed by atoms with Crippen molar-refractivity contribution in [3.63, 3.8) is 0 Å². The minimum Gasteiger partial charge on any atom is -0.314 e. The van der Waals surface area contributed by atoms with Gasteiger partial charge in [-0.2, -0.15) is 0 Å². The summed E-state index contributed by atoms with van der Waals surface area (Å²) >= 11 is 0. The van der Waals surface area contributed by atoms with Crippen LogP contribution in [0.15, 0.2) is 42.5 Å². The van der Waals surface area contributed by atoms with Crippen LogP contribution in [0.2, 0.25) is 0 Å². The Morgan fingerprint density at radius 3 is 2.60 bits per heavy atom. The molecule has 1 aliphatic heterocycles. The van der Waals surface area contributed by atoms with Crippen LogP contribution in [-0.4, -0.2) is 37.6 Å². The van der Waals surface area contributed by atoms with Gasteiger partial charge in [0.1, 0.15) is 0 Å². The van der Waals surface area contributed by atoms with Crippen molar-refractivity contribution in [2.75, 3.05) is 32.7 Å². The molecule has 1 unspecified atom stereocenters.